The molecule has 3 heterocycles. The lowest BCUT2D eigenvalue weighted by Crippen LogP contribution is -2.46. The van der Waals surface area contributed by atoms with Crippen molar-refractivity contribution in [2.24, 2.45) is 5.92 Å². The fourth-order valence-corrected chi connectivity index (χ4v) is 4.36. The summed E-state index contributed by atoms with van der Waals surface area (Å²) in [6.45, 7) is 5.52. The second-order valence-electron chi connectivity index (χ2n) is 9.26. The summed E-state index contributed by atoms with van der Waals surface area (Å²) in [5.41, 5.74) is 0.0421. The molecule has 10 heteroatoms. The van der Waals surface area contributed by atoms with Crippen LogP contribution in [0, 0.1) is 5.92 Å². The van der Waals surface area contributed by atoms with Gasteiger partial charge in [-0.3, -0.25) is 9.59 Å². The van der Waals surface area contributed by atoms with Gasteiger partial charge in [0.15, 0.2) is 0 Å². The van der Waals surface area contributed by atoms with Crippen LogP contribution in [0.25, 0.3) is 11.7 Å². The molecule has 2 amide bonds. The molecule has 2 aromatic rings. The number of likely N-dealkylation sites (tertiary alicyclic amines) is 1. The number of fused-ring (bicyclic) bond motifs is 1. The summed E-state index contributed by atoms with van der Waals surface area (Å²) < 4.78 is 8.03. The third-order valence-electron chi connectivity index (χ3n) is 6.08. The molecular weight excluding hydrogens is 426 g/mol. The van der Waals surface area contributed by atoms with Crippen LogP contribution in [-0.4, -0.2) is 63.8 Å². The Morgan fingerprint density at radius 3 is 2.79 bits per heavy atom. The minimum absolute atomic E-state index is 0.0521. The summed E-state index contributed by atoms with van der Waals surface area (Å²) in [5, 5.41) is 16.6. The first-order valence-electron chi connectivity index (χ1n) is 11.5. The lowest BCUT2D eigenvalue weighted by Gasteiger charge is -2.22. The maximum atomic E-state index is 13.1. The molecular formula is C23H32N5O5+. The van der Waals surface area contributed by atoms with E-state index in [-0.39, 0.29) is 35.4 Å². The van der Waals surface area contributed by atoms with Crippen molar-refractivity contribution >= 4 is 23.5 Å². The number of nitrogens with one attached hydrogen (secondary N) is 2. The zero-order valence-electron chi connectivity index (χ0n) is 19.3. The molecule has 0 aromatic carbocycles. The van der Waals surface area contributed by atoms with E-state index in [0.29, 0.717) is 30.9 Å². The topological polar surface area (TPSA) is 120 Å². The summed E-state index contributed by atoms with van der Waals surface area (Å²) in [7, 11) is 1.62. The van der Waals surface area contributed by atoms with Gasteiger partial charge < -0.3 is 20.1 Å². The Kier molecular flexibility index (Phi) is 6.55. The zero-order valence-corrected chi connectivity index (χ0v) is 19.3. The first-order chi connectivity index (χ1) is 15.8. The SMILES string of the molecule is COC[C@@H]1CCCN1C(=O)/C=C/c1c[nH]n2c(=O)c(C(=O)NC3CC3)c(O)[n+](CC(C)C)c12. The average Bonchev–Trinajstić information content (AvgIpc) is 3.28. The van der Waals surface area contributed by atoms with Crippen molar-refractivity contribution in [3.63, 3.8) is 0 Å². The number of amides is 2. The van der Waals surface area contributed by atoms with Gasteiger partial charge >= 0.3 is 17.1 Å². The van der Waals surface area contributed by atoms with E-state index in [0.717, 1.165) is 25.7 Å². The first-order valence-corrected chi connectivity index (χ1v) is 11.5. The highest BCUT2D eigenvalue weighted by molar-refractivity contribution is 5.96. The maximum absolute atomic E-state index is 13.1. The van der Waals surface area contributed by atoms with E-state index in [1.54, 1.807) is 28.8 Å². The molecule has 4 rings (SSSR count). The predicted octanol–water partition coefficient (Wildman–Crippen LogP) is 0.820. The van der Waals surface area contributed by atoms with Gasteiger partial charge in [-0.1, -0.05) is 18.4 Å². The molecule has 10 nitrogen and oxygen atoms in total. The van der Waals surface area contributed by atoms with Crippen molar-refractivity contribution in [1.29, 1.82) is 0 Å². The van der Waals surface area contributed by atoms with Crippen LogP contribution < -0.4 is 15.4 Å². The van der Waals surface area contributed by atoms with E-state index >= 15 is 0 Å². The highest BCUT2D eigenvalue weighted by Crippen LogP contribution is 2.21. The van der Waals surface area contributed by atoms with Gasteiger partial charge in [0.2, 0.25) is 11.5 Å². The van der Waals surface area contributed by atoms with Crippen LogP contribution in [0.15, 0.2) is 17.1 Å². The fraction of sp³-hybridized carbons (Fsp3) is 0.565. The molecule has 1 saturated heterocycles. The van der Waals surface area contributed by atoms with Crippen LogP contribution in [0.2, 0.25) is 0 Å². The van der Waals surface area contributed by atoms with Crippen molar-refractivity contribution in [2.45, 2.75) is 58.2 Å². The van der Waals surface area contributed by atoms with E-state index in [1.807, 2.05) is 13.8 Å². The number of rotatable bonds is 8. The zero-order chi connectivity index (χ0) is 23.7. The lowest BCUT2D eigenvalue weighted by molar-refractivity contribution is -0.686. The van der Waals surface area contributed by atoms with Crippen LogP contribution in [-0.2, 0) is 16.1 Å². The molecule has 0 spiro atoms. The van der Waals surface area contributed by atoms with Crippen molar-refractivity contribution in [1.82, 2.24) is 19.8 Å². The van der Waals surface area contributed by atoms with Crippen LogP contribution in [0.3, 0.4) is 0 Å². The molecule has 1 saturated carbocycles. The van der Waals surface area contributed by atoms with Crippen molar-refractivity contribution < 1.29 is 24.0 Å². The van der Waals surface area contributed by atoms with E-state index in [2.05, 4.69) is 10.4 Å². The van der Waals surface area contributed by atoms with Gasteiger partial charge in [-0.25, -0.2) is 9.89 Å². The summed E-state index contributed by atoms with van der Waals surface area (Å²) >= 11 is 0. The van der Waals surface area contributed by atoms with Crippen molar-refractivity contribution in [3.8, 4) is 5.88 Å². The first kappa shape index (κ1) is 23.0. The second-order valence-corrected chi connectivity index (χ2v) is 9.26. The van der Waals surface area contributed by atoms with Gasteiger partial charge in [-0.15, -0.1) is 0 Å². The third-order valence-corrected chi connectivity index (χ3v) is 6.08. The van der Waals surface area contributed by atoms with E-state index in [4.69, 9.17) is 4.74 Å². The van der Waals surface area contributed by atoms with Gasteiger partial charge in [0.1, 0.15) is 0 Å². The highest BCUT2D eigenvalue weighted by Gasteiger charge is 2.34. The number of carbonyl (C=O) groups is 2. The molecule has 1 atom stereocenters. The number of carbonyl (C=O) groups excluding carboxylic acids is 2. The summed E-state index contributed by atoms with van der Waals surface area (Å²) in [6.07, 6.45) is 8.29. The monoisotopic (exact) mass is 458 g/mol. The molecule has 1 aliphatic carbocycles. The van der Waals surface area contributed by atoms with Gasteiger partial charge in [0.25, 0.3) is 5.91 Å². The van der Waals surface area contributed by atoms with E-state index in [9.17, 15) is 19.5 Å². The standard InChI is InChI=1S/C23H31N5O5/c1-14(2)12-27-21-15(6-9-18(29)26-10-4-5-17(26)13-33-3)11-24-28(21)23(32)19(22(27)31)20(30)25-16-7-8-16/h6,9,11,14,16-17H,4-5,7-8,10,12-13H2,1-3H3,(H2,25,30,31,32)/p+1/b9-6+/t17-/m0/s1. The van der Waals surface area contributed by atoms with Gasteiger partial charge in [0.05, 0.1) is 31.0 Å². The van der Waals surface area contributed by atoms with Crippen LogP contribution in [0.5, 0.6) is 5.88 Å². The number of aromatic amines is 1. The lowest BCUT2D eigenvalue weighted by atomic mass is 10.2. The molecule has 1 aliphatic heterocycles. The van der Waals surface area contributed by atoms with Crippen LogP contribution in [0.1, 0.15) is 55.5 Å². The summed E-state index contributed by atoms with van der Waals surface area (Å²) in [4.78, 5) is 40.4. The molecule has 178 valence electrons. The molecule has 33 heavy (non-hydrogen) atoms. The number of methoxy groups -OCH3 is 1. The van der Waals surface area contributed by atoms with Gasteiger partial charge in [-0.05, 0) is 37.7 Å². The second kappa shape index (κ2) is 9.38. The Bertz CT molecular complexity index is 1140. The van der Waals surface area contributed by atoms with Crippen LogP contribution >= 0.6 is 0 Å². The smallest absolute Gasteiger partial charge is 0.378 e. The predicted molar refractivity (Wildman–Crippen MR) is 121 cm³/mol. The largest absolute Gasteiger partial charge is 0.477 e. The summed E-state index contributed by atoms with van der Waals surface area (Å²) in [5.74, 6) is -0.940. The molecule has 2 aromatic heterocycles. The normalized spacial score (nSPS) is 18.7. The molecule has 2 fully saturated rings. The molecule has 0 radical (unpaired) electrons. The number of hydrogen-bond donors (Lipinski definition) is 3. The van der Waals surface area contributed by atoms with Crippen LogP contribution in [0.4, 0.5) is 0 Å². The van der Waals surface area contributed by atoms with E-state index in [1.165, 1.54) is 10.6 Å². The minimum atomic E-state index is -0.633. The summed E-state index contributed by atoms with van der Waals surface area (Å²) in [6, 6.07) is 0.108. The Hall–Kier alpha value is -3.14. The Morgan fingerprint density at radius 2 is 2.12 bits per heavy atom. The molecule has 0 unspecified atom stereocenters. The third kappa shape index (κ3) is 4.66. The molecule has 3 N–H and O–H groups in total. The number of H-pyrrole nitrogens is 1. The van der Waals surface area contributed by atoms with Crippen molar-refractivity contribution in [2.75, 3.05) is 20.3 Å². The van der Waals surface area contributed by atoms with Gasteiger partial charge in [-0.2, -0.15) is 4.57 Å². The number of ether oxygens (including phenoxy) is 1. The number of nitrogens with zero attached hydrogens (tertiary/aromatic N) is 3. The number of aromatic nitrogens is 3. The Labute approximate surface area is 191 Å². The average molecular weight is 459 g/mol. The quantitative estimate of drug-likeness (QED) is 0.400. The van der Waals surface area contributed by atoms with E-state index < -0.39 is 11.5 Å². The Balaban J connectivity index is 1.72. The minimum Gasteiger partial charge on any atom is -0.477 e. The number of aromatic hydroxyl groups is 1. The highest BCUT2D eigenvalue weighted by atomic mass is 16.5. The van der Waals surface area contributed by atoms with Gasteiger partial charge in [0, 0.05) is 25.8 Å². The molecule has 2 aliphatic rings. The number of hydrogen-bond acceptors (Lipinski definition) is 5. The fourth-order valence-electron chi connectivity index (χ4n) is 4.36. The maximum Gasteiger partial charge on any atom is 0.378 e. The molecule has 0 bridgehead atoms. The van der Waals surface area contributed by atoms with Crippen molar-refractivity contribution in [3.05, 3.63) is 33.8 Å². The Morgan fingerprint density at radius 1 is 1.36 bits per heavy atom.